The molecular formula is C15H26ClNO. The fourth-order valence-corrected chi connectivity index (χ4v) is 1.84. The van der Waals surface area contributed by atoms with Gasteiger partial charge in [0.25, 0.3) is 0 Å². The van der Waals surface area contributed by atoms with Gasteiger partial charge < -0.3 is 10.4 Å². The third-order valence-corrected chi connectivity index (χ3v) is 2.87. The lowest BCUT2D eigenvalue weighted by Crippen LogP contribution is -2.26. The van der Waals surface area contributed by atoms with Crippen molar-refractivity contribution in [3.63, 3.8) is 0 Å². The molecule has 0 spiro atoms. The highest BCUT2D eigenvalue weighted by molar-refractivity contribution is 5.85. The van der Waals surface area contributed by atoms with Crippen molar-refractivity contribution in [1.29, 1.82) is 0 Å². The predicted octanol–water partition coefficient (Wildman–Crippen LogP) is 3.39. The predicted molar refractivity (Wildman–Crippen MR) is 80.1 cm³/mol. The van der Waals surface area contributed by atoms with Crippen LogP contribution in [-0.2, 0) is 6.54 Å². The van der Waals surface area contributed by atoms with Crippen molar-refractivity contribution >= 4 is 12.4 Å². The molecule has 0 aliphatic carbocycles. The van der Waals surface area contributed by atoms with E-state index in [0.717, 1.165) is 25.3 Å². The summed E-state index contributed by atoms with van der Waals surface area (Å²) in [6, 6.07) is 10.3. The highest BCUT2D eigenvalue weighted by atomic mass is 35.5. The third kappa shape index (κ3) is 8.51. The molecule has 0 aliphatic heterocycles. The number of nitrogens with one attached hydrogen (secondary N) is 1. The molecule has 0 radical (unpaired) electrons. The zero-order chi connectivity index (χ0) is 12.5. The first-order valence-electron chi connectivity index (χ1n) is 6.61. The molecule has 0 fully saturated rings. The Kier molecular flexibility index (Phi) is 10.0. The Morgan fingerprint density at radius 2 is 1.78 bits per heavy atom. The fraction of sp³-hybridized carbons (Fsp3) is 0.600. The first-order chi connectivity index (χ1) is 8.18. The first kappa shape index (κ1) is 17.4. The van der Waals surface area contributed by atoms with E-state index in [-0.39, 0.29) is 18.5 Å². The minimum absolute atomic E-state index is 0. The molecular weight excluding hydrogens is 246 g/mol. The second kappa shape index (κ2) is 10.4. The molecule has 0 saturated carbocycles. The Hall–Kier alpha value is -0.570. The molecule has 2 nitrogen and oxygen atoms in total. The van der Waals surface area contributed by atoms with Crippen LogP contribution in [0.1, 0.15) is 38.7 Å². The maximum Gasteiger partial charge on any atom is 0.0664 e. The summed E-state index contributed by atoms with van der Waals surface area (Å²) in [4.78, 5) is 0. The second-order valence-corrected chi connectivity index (χ2v) is 5.10. The van der Waals surface area contributed by atoms with Crippen LogP contribution >= 0.6 is 12.4 Å². The fourth-order valence-electron chi connectivity index (χ4n) is 1.84. The minimum atomic E-state index is -0.211. The van der Waals surface area contributed by atoms with E-state index in [1.807, 2.05) is 18.2 Å². The van der Waals surface area contributed by atoms with Crippen molar-refractivity contribution < 1.29 is 5.11 Å². The molecule has 0 amide bonds. The second-order valence-electron chi connectivity index (χ2n) is 5.10. The van der Waals surface area contributed by atoms with Crippen molar-refractivity contribution in [2.75, 3.05) is 6.54 Å². The molecule has 1 atom stereocenters. The van der Waals surface area contributed by atoms with Crippen LogP contribution in [-0.4, -0.2) is 17.8 Å². The summed E-state index contributed by atoms with van der Waals surface area (Å²) >= 11 is 0. The van der Waals surface area contributed by atoms with Crippen LogP contribution < -0.4 is 5.32 Å². The molecule has 1 unspecified atom stereocenters. The summed E-state index contributed by atoms with van der Waals surface area (Å²) < 4.78 is 0. The van der Waals surface area contributed by atoms with Gasteiger partial charge in [0.05, 0.1) is 6.10 Å². The molecule has 3 heteroatoms. The molecule has 1 aromatic rings. The van der Waals surface area contributed by atoms with E-state index in [4.69, 9.17) is 0 Å². The Morgan fingerprint density at radius 1 is 1.11 bits per heavy atom. The van der Waals surface area contributed by atoms with Crippen LogP contribution in [0.4, 0.5) is 0 Å². The monoisotopic (exact) mass is 271 g/mol. The van der Waals surface area contributed by atoms with Gasteiger partial charge in [-0.2, -0.15) is 0 Å². The Balaban J connectivity index is 0.00000289. The van der Waals surface area contributed by atoms with E-state index in [9.17, 15) is 5.11 Å². The quantitative estimate of drug-likeness (QED) is 0.760. The van der Waals surface area contributed by atoms with E-state index in [1.165, 1.54) is 12.0 Å². The Labute approximate surface area is 117 Å². The number of hydrogen-bond donors (Lipinski definition) is 2. The average Bonchev–Trinajstić information content (AvgIpc) is 2.30. The zero-order valence-electron chi connectivity index (χ0n) is 11.4. The number of aliphatic hydroxyl groups excluding tert-OH is 1. The summed E-state index contributed by atoms with van der Waals surface area (Å²) in [5, 5.41) is 13.1. The summed E-state index contributed by atoms with van der Waals surface area (Å²) in [6.07, 6.45) is 3.01. The number of hydrogen-bond acceptors (Lipinski definition) is 2. The molecule has 0 aromatic heterocycles. The van der Waals surface area contributed by atoms with Gasteiger partial charge in [0.1, 0.15) is 0 Å². The van der Waals surface area contributed by atoms with Gasteiger partial charge in [-0.1, -0.05) is 57.0 Å². The zero-order valence-corrected chi connectivity index (χ0v) is 12.2. The molecule has 0 aliphatic rings. The lowest BCUT2D eigenvalue weighted by atomic mass is 10.0. The topological polar surface area (TPSA) is 32.3 Å². The summed E-state index contributed by atoms with van der Waals surface area (Å²) in [7, 11) is 0. The Bertz CT molecular complexity index is 290. The van der Waals surface area contributed by atoms with E-state index < -0.39 is 0 Å². The van der Waals surface area contributed by atoms with E-state index in [1.54, 1.807) is 0 Å². The van der Waals surface area contributed by atoms with Crippen LogP contribution in [0.2, 0.25) is 0 Å². The highest BCUT2D eigenvalue weighted by Crippen LogP contribution is 2.08. The van der Waals surface area contributed by atoms with E-state index in [2.05, 4.69) is 31.3 Å². The number of aliphatic hydroxyl groups is 1. The van der Waals surface area contributed by atoms with Gasteiger partial charge in [0, 0.05) is 13.1 Å². The van der Waals surface area contributed by atoms with Crippen molar-refractivity contribution in [2.45, 2.75) is 45.8 Å². The molecule has 0 saturated heterocycles. The van der Waals surface area contributed by atoms with Crippen LogP contribution in [0, 0.1) is 5.92 Å². The van der Waals surface area contributed by atoms with Crippen LogP contribution in [0.3, 0.4) is 0 Å². The molecule has 18 heavy (non-hydrogen) atoms. The summed E-state index contributed by atoms with van der Waals surface area (Å²) in [6.45, 7) is 5.97. The van der Waals surface area contributed by atoms with Gasteiger partial charge in [-0.25, -0.2) is 0 Å². The maximum absolute atomic E-state index is 9.78. The third-order valence-electron chi connectivity index (χ3n) is 2.87. The smallest absolute Gasteiger partial charge is 0.0664 e. The normalized spacial score (nSPS) is 12.2. The number of rotatable bonds is 8. The van der Waals surface area contributed by atoms with Crippen molar-refractivity contribution in [2.24, 2.45) is 5.92 Å². The maximum atomic E-state index is 9.78. The van der Waals surface area contributed by atoms with Gasteiger partial charge in [0.2, 0.25) is 0 Å². The molecule has 0 bridgehead atoms. The van der Waals surface area contributed by atoms with E-state index >= 15 is 0 Å². The van der Waals surface area contributed by atoms with Crippen LogP contribution in [0.5, 0.6) is 0 Å². The molecule has 0 heterocycles. The first-order valence-corrected chi connectivity index (χ1v) is 6.61. The minimum Gasteiger partial charge on any atom is -0.392 e. The molecule has 104 valence electrons. The summed E-state index contributed by atoms with van der Waals surface area (Å²) in [5.41, 5.74) is 1.27. The van der Waals surface area contributed by atoms with Crippen LogP contribution in [0.25, 0.3) is 0 Å². The summed E-state index contributed by atoms with van der Waals surface area (Å²) in [5.74, 6) is 0.736. The Morgan fingerprint density at radius 3 is 2.39 bits per heavy atom. The lowest BCUT2D eigenvalue weighted by molar-refractivity contribution is 0.156. The molecule has 1 aromatic carbocycles. The SMILES string of the molecule is CC(C)CCCC(O)CNCc1ccccc1.Cl. The van der Waals surface area contributed by atoms with Gasteiger partial charge in [-0.3, -0.25) is 0 Å². The van der Waals surface area contributed by atoms with Crippen molar-refractivity contribution in [1.82, 2.24) is 5.32 Å². The van der Waals surface area contributed by atoms with Crippen molar-refractivity contribution in [3.05, 3.63) is 35.9 Å². The van der Waals surface area contributed by atoms with Gasteiger partial charge >= 0.3 is 0 Å². The number of halogens is 1. The largest absolute Gasteiger partial charge is 0.392 e. The van der Waals surface area contributed by atoms with E-state index in [0.29, 0.717) is 6.54 Å². The van der Waals surface area contributed by atoms with Gasteiger partial charge in [-0.05, 0) is 17.9 Å². The van der Waals surface area contributed by atoms with Crippen molar-refractivity contribution in [3.8, 4) is 0 Å². The highest BCUT2D eigenvalue weighted by Gasteiger charge is 2.04. The molecule has 1 rings (SSSR count). The van der Waals surface area contributed by atoms with Gasteiger partial charge in [0.15, 0.2) is 0 Å². The van der Waals surface area contributed by atoms with Crippen LogP contribution in [0.15, 0.2) is 30.3 Å². The lowest BCUT2D eigenvalue weighted by Gasteiger charge is -2.12. The molecule has 2 N–H and O–H groups in total. The standard InChI is InChI=1S/C15H25NO.ClH/c1-13(2)7-6-10-15(17)12-16-11-14-8-4-3-5-9-14;/h3-5,8-9,13,15-17H,6-7,10-12H2,1-2H3;1H. The van der Waals surface area contributed by atoms with Gasteiger partial charge in [-0.15, -0.1) is 12.4 Å². The average molecular weight is 272 g/mol. The number of benzene rings is 1.